The molecule has 1 aliphatic heterocycles. The Morgan fingerprint density at radius 2 is 2.05 bits per heavy atom. The third-order valence-electron chi connectivity index (χ3n) is 4.56. The zero-order valence-corrected chi connectivity index (χ0v) is 12.5. The lowest BCUT2D eigenvalue weighted by atomic mass is 10.1. The largest absolute Gasteiger partial charge is 0.326 e. The van der Waals surface area contributed by atoms with Gasteiger partial charge in [0.25, 0.3) is 0 Å². The molecular weight excluding hydrogens is 264 g/mol. The Kier molecular flexibility index (Phi) is 3.95. The predicted molar refractivity (Wildman–Crippen MR) is 83.4 cm³/mol. The summed E-state index contributed by atoms with van der Waals surface area (Å²) < 4.78 is 0. The minimum Gasteiger partial charge on any atom is -0.326 e. The van der Waals surface area contributed by atoms with E-state index < -0.39 is 0 Å². The highest BCUT2D eigenvalue weighted by atomic mass is 16.2. The molecule has 1 aromatic carbocycles. The lowest BCUT2D eigenvalue weighted by Gasteiger charge is -2.21. The highest BCUT2D eigenvalue weighted by Gasteiger charge is 2.31. The summed E-state index contributed by atoms with van der Waals surface area (Å²) in [6, 6.07) is 5.90. The minimum atomic E-state index is 0.00150. The van der Waals surface area contributed by atoms with Crippen molar-refractivity contribution in [2.75, 3.05) is 16.8 Å². The van der Waals surface area contributed by atoms with Crippen LogP contribution < -0.4 is 10.2 Å². The van der Waals surface area contributed by atoms with Gasteiger partial charge in [-0.15, -0.1) is 0 Å². The lowest BCUT2D eigenvalue weighted by Crippen LogP contribution is -2.33. The van der Waals surface area contributed by atoms with Crippen LogP contribution in [0.2, 0.25) is 0 Å². The summed E-state index contributed by atoms with van der Waals surface area (Å²) in [4.78, 5) is 26.1. The molecule has 1 aromatic rings. The minimum absolute atomic E-state index is 0.00150. The Balaban J connectivity index is 1.81. The molecule has 21 heavy (non-hydrogen) atoms. The Morgan fingerprint density at radius 1 is 1.29 bits per heavy atom. The monoisotopic (exact) mass is 286 g/mol. The van der Waals surface area contributed by atoms with Crippen LogP contribution in [0.25, 0.3) is 0 Å². The van der Waals surface area contributed by atoms with Gasteiger partial charge in [-0.2, -0.15) is 0 Å². The molecule has 0 radical (unpaired) electrons. The molecule has 0 spiro atoms. The van der Waals surface area contributed by atoms with Gasteiger partial charge in [-0.05, 0) is 37.0 Å². The SMILES string of the molecule is CCC(=O)Nc1ccc2c(c1)N(C(=O)C1CCCC1)CC2. The first kappa shape index (κ1) is 14.1. The number of rotatable bonds is 3. The zero-order chi connectivity index (χ0) is 14.8. The molecule has 1 aliphatic carbocycles. The van der Waals surface area contributed by atoms with Crippen LogP contribution in [-0.2, 0) is 16.0 Å². The number of amides is 2. The van der Waals surface area contributed by atoms with E-state index in [0.29, 0.717) is 6.42 Å². The third kappa shape index (κ3) is 2.80. The van der Waals surface area contributed by atoms with Crippen molar-refractivity contribution < 1.29 is 9.59 Å². The van der Waals surface area contributed by atoms with E-state index in [1.807, 2.05) is 30.0 Å². The number of hydrogen-bond donors (Lipinski definition) is 1. The van der Waals surface area contributed by atoms with Gasteiger partial charge >= 0.3 is 0 Å². The number of carbonyl (C=O) groups is 2. The predicted octanol–water partition coefficient (Wildman–Crippen LogP) is 3.11. The summed E-state index contributed by atoms with van der Waals surface area (Å²) in [5.74, 6) is 0.469. The van der Waals surface area contributed by atoms with E-state index in [1.165, 1.54) is 18.4 Å². The number of fused-ring (bicyclic) bond motifs is 1. The average Bonchev–Trinajstić information content (AvgIpc) is 3.15. The van der Waals surface area contributed by atoms with E-state index in [2.05, 4.69) is 5.32 Å². The number of hydrogen-bond acceptors (Lipinski definition) is 2. The molecule has 2 aliphatic rings. The molecule has 0 bridgehead atoms. The maximum Gasteiger partial charge on any atom is 0.230 e. The molecule has 3 rings (SSSR count). The second kappa shape index (κ2) is 5.88. The average molecular weight is 286 g/mol. The fourth-order valence-electron chi connectivity index (χ4n) is 3.33. The van der Waals surface area contributed by atoms with E-state index in [4.69, 9.17) is 0 Å². The van der Waals surface area contributed by atoms with Gasteiger partial charge in [0.2, 0.25) is 11.8 Å². The highest BCUT2D eigenvalue weighted by molar-refractivity contribution is 5.98. The van der Waals surface area contributed by atoms with Gasteiger partial charge in [0, 0.05) is 30.3 Å². The fraction of sp³-hybridized carbons (Fsp3) is 0.529. The van der Waals surface area contributed by atoms with E-state index >= 15 is 0 Å². The van der Waals surface area contributed by atoms with Crippen LogP contribution in [0, 0.1) is 5.92 Å². The smallest absolute Gasteiger partial charge is 0.230 e. The van der Waals surface area contributed by atoms with E-state index in [0.717, 1.165) is 37.2 Å². The van der Waals surface area contributed by atoms with Gasteiger partial charge in [-0.25, -0.2) is 0 Å². The first-order valence-electron chi connectivity index (χ1n) is 7.93. The van der Waals surface area contributed by atoms with Crippen LogP contribution in [0.1, 0.15) is 44.6 Å². The van der Waals surface area contributed by atoms with Gasteiger partial charge in [0.15, 0.2) is 0 Å². The third-order valence-corrected chi connectivity index (χ3v) is 4.56. The second-order valence-corrected chi connectivity index (χ2v) is 5.97. The first-order valence-corrected chi connectivity index (χ1v) is 7.93. The Hall–Kier alpha value is -1.84. The molecule has 0 aromatic heterocycles. The van der Waals surface area contributed by atoms with E-state index in [-0.39, 0.29) is 17.7 Å². The van der Waals surface area contributed by atoms with Crippen LogP contribution in [-0.4, -0.2) is 18.4 Å². The molecule has 112 valence electrons. The Bertz CT molecular complexity index is 562. The van der Waals surface area contributed by atoms with Crippen molar-refractivity contribution >= 4 is 23.2 Å². The van der Waals surface area contributed by atoms with Crippen molar-refractivity contribution in [3.8, 4) is 0 Å². The van der Waals surface area contributed by atoms with Crippen LogP contribution in [0.3, 0.4) is 0 Å². The molecule has 2 amide bonds. The number of carbonyl (C=O) groups excluding carboxylic acids is 2. The first-order chi connectivity index (χ1) is 10.2. The molecule has 4 nitrogen and oxygen atoms in total. The number of benzene rings is 1. The van der Waals surface area contributed by atoms with Crippen molar-refractivity contribution in [1.29, 1.82) is 0 Å². The topological polar surface area (TPSA) is 49.4 Å². The van der Waals surface area contributed by atoms with Crippen molar-refractivity contribution in [3.05, 3.63) is 23.8 Å². The normalized spacial score (nSPS) is 17.9. The summed E-state index contributed by atoms with van der Waals surface area (Å²) in [5.41, 5.74) is 2.98. The summed E-state index contributed by atoms with van der Waals surface area (Å²) in [5, 5.41) is 2.87. The highest BCUT2D eigenvalue weighted by Crippen LogP contribution is 2.35. The maximum atomic E-state index is 12.6. The quantitative estimate of drug-likeness (QED) is 0.928. The molecule has 1 saturated carbocycles. The van der Waals surface area contributed by atoms with Gasteiger partial charge in [0.05, 0.1) is 0 Å². The van der Waals surface area contributed by atoms with Crippen molar-refractivity contribution in [2.24, 2.45) is 5.92 Å². The summed E-state index contributed by atoms with van der Waals surface area (Å²) in [7, 11) is 0. The molecule has 0 unspecified atom stereocenters. The van der Waals surface area contributed by atoms with Crippen LogP contribution in [0.4, 0.5) is 11.4 Å². The molecule has 1 fully saturated rings. The second-order valence-electron chi connectivity index (χ2n) is 5.97. The molecule has 1 heterocycles. The lowest BCUT2D eigenvalue weighted by molar-refractivity contribution is -0.122. The van der Waals surface area contributed by atoms with E-state index in [1.54, 1.807) is 0 Å². The molecule has 0 atom stereocenters. The number of nitrogens with one attached hydrogen (secondary N) is 1. The molecule has 0 saturated heterocycles. The van der Waals surface area contributed by atoms with Gasteiger partial charge < -0.3 is 10.2 Å². The van der Waals surface area contributed by atoms with Gasteiger partial charge in [-0.3, -0.25) is 9.59 Å². The standard InChI is InChI=1S/C17H22N2O2/c1-2-16(20)18-14-8-7-12-9-10-19(15(12)11-14)17(21)13-5-3-4-6-13/h7-8,11,13H,2-6,9-10H2,1H3,(H,18,20). The Labute approximate surface area is 125 Å². The molecule has 4 heteroatoms. The molecule has 1 N–H and O–H groups in total. The van der Waals surface area contributed by atoms with Gasteiger partial charge in [-0.1, -0.05) is 25.8 Å². The maximum absolute atomic E-state index is 12.6. The van der Waals surface area contributed by atoms with Crippen LogP contribution in [0.5, 0.6) is 0 Å². The number of anilines is 2. The van der Waals surface area contributed by atoms with Crippen molar-refractivity contribution in [1.82, 2.24) is 0 Å². The number of nitrogens with zero attached hydrogens (tertiary/aromatic N) is 1. The van der Waals surface area contributed by atoms with Crippen LogP contribution >= 0.6 is 0 Å². The van der Waals surface area contributed by atoms with E-state index in [9.17, 15) is 9.59 Å². The van der Waals surface area contributed by atoms with Crippen molar-refractivity contribution in [2.45, 2.75) is 45.4 Å². The van der Waals surface area contributed by atoms with Gasteiger partial charge in [0.1, 0.15) is 0 Å². The van der Waals surface area contributed by atoms with Crippen molar-refractivity contribution in [3.63, 3.8) is 0 Å². The summed E-state index contributed by atoms with van der Waals surface area (Å²) in [6.07, 6.45) is 5.76. The fourth-order valence-corrected chi connectivity index (χ4v) is 3.33. The molecular formula is C17H22N2O2. The van der Waals surface area contributed by atoms with Crippen LogP contribution in [0.15, 0.2) is 18.2 Å². The summed E-state index contributed by atoms with van der Waals surface area (Å²) in [6.45, 7) is 2.61. The Morgan fingerprint density at radius 3 is 2.76 bits per heavy atom. The summed E-state index contributed by atoms with van der Waals surface area (Å²) >= 11 is 0. The zero-order valence-electron chi connectivity index (χ0n) is 12.5.